The highest BCUT2D eigenvalue weighted by Crippen LogP contribution is 2.00. The molecule has 0 aromatic carbocycles. The fourth-order valence-electron chi connectivity index (χ4n) is 1.23. The SMILES string of the molecule is c1ccc(CCc2ccn[nH]2)nc1. The number of H-pyrrole nitrogens is 1. The first-order valence-corrected chi connectivity index (χ1v) is 4.33. The average molecular weight is 173 g/mol. The largest absolute Gasteiger partial charge is 0.283 e. The molecule has 3 heteroatoms. The van der Waals surface area contributed by atoms with Crippen LogP contribution in [0, 0.1) is 0 Å². The normalized spacial score (nSPS) is 10.2. The molecule has 0 spiro atoms. The molecule has 2 aromatic rings. The van der Waals surface area contributed by atoms with Gasteiger partial charge in [0.05, 0.1) is 0 Å². The van der Waals surface area contributed by atoms with Gasteiger partial charge in [-0.25, -0.2) is 0 Å². The van der Waals surface area contributed by atoms with Crippen molar-refractivity contribution in [3.05, 3.63) is 48.0 Å². The highest BCUT2D eigenvalue weighted by atomic mass is 15.1. The van der Waals surface area contributed by atoms with Crippen molar-refractivity contribution >= 4 is 0 Å². The summed E-state index contributed by atoms with van der Waals surface area (Å²) in [4.78, 5) is 4.24. The number of pyridine rings is 1. The van der Waals surface area contributed by atoms with Crippen LogP contribution in [0.15, 0.2) is 36.7 Å². The Morgan fingerprint density at radius 1 is 1.08 bits per heavy atom. The lowest BCUT2D eigenvalue weighted by atomic mass is 10.2. The number of aryl methyl sites for hydroxylation is 2. The van der Waals surface area contributed by atoms with Gasteiger partial charge < -0.3 is 0 Å². The highest BCUT2D eigenvalue weighted by molar-refractivity contribution is 5.07. The molecule has 0 aliphatic carbocycles. The lowest BCUT2D eigenvalue weighted by Gasteiger charge is -1.96. The van der Waals surface area contributed by atoms with E-state index >= 15 is 0 Å². The van der Waals surface area contributed by atoms with E-state index in [-0.39, 0.29) is 0 Å². The molecule has 0 amide bonds. The van der Waals surface area contributed by atoms with Gasteiger partial charge in [0.25, 0.3) is 0 Å². The molecule has 2 rings (SSSR count). The van der Waals surface area contributed by atoms with Gasteiger partial charge in [0.2, 0.25) is 0 Å². The zero-order valence-corrected chi connectivity index (χ0v) is 7.27. The molecule has 2 aromatic heterocycles. The second-order valence-electron chi connectivity index (χ2n) is 2.90. The monoisotopic (exact) mass is 173 g/mol. The van der Waals surface area contributed by atoms with Gasteiger partial charge in [0, 0.05) is 23.8 Å². The predicted molar refractivity (Wildman–Crippen MR) is 50.2 cm³/mol. The summed E-state index contributed by atoms with van der Waals surface area (Å²) in [6, 6.07) is 7.97. The van der Waals surface area contributed by atoms with Crippen molar-refractivity contribution in [3.8, 4) is 0 Å². The second kappa shape index (κ2) is 3.85. The van der Waals surface area contributed by atoms with Crippen LogP contribution < -0.4 is 0 Å². The number of nitrogens with zero attached hydrogens (tertiary/aromatic N) is 2. The molecular weight excluding hydrogens is 162 g/mol. The third-order valence-corrected chi connectivity index (χ3v) is 1.94. The lowest BCUT2D eigenvalue weighted by molar-refractivity contribution is 0.866. The molecule has 2 heterocycles. The van der Waals surface area contributed by atoms with Crippen LogP contribution in [0.2, 0.25) is 0 Å². The first-order valence-electron chi connectivity index (χ1n) is 4.33. The van der Waals surface area contributed by atoms with E-state index < -0.39 is 0 Å². The van der Waals surface area contributed by atoms with Crippen LogP contribution in [0.5, 0.6) is 0 Å². The summed E-state index contributed by atoms with van der Waals surface area (Å²) in [5.74, 6) is 0. The molecule has 3 nitrogen and oxygen atoms in total. The molecule has 0 saturated carbocycles. The molecule has 0 atom stereocenters. The molecule has 0 fully saturated rings. The van der Waals surface area contributed by atoms with E-state index in [0.717, 1.165) is 24.2 Å². The van der Waals surface area contributed by atoms with E-state index in [1.54, 1.807) is 6.20 Å². The molecule has 1 N–H and O–H groups in total. The quantitative estimate of drug-likeness (QED) is 0.765. The van der Waals surface area contributed by atoms with Gasteiger partial charge in [0.1, 0.15) is 0 Å². The average Bonchev–Trinajstić information content (AvgIpc) is 2.69. The molecule has 0 aliphatic rings. The molecule has 0 saturated heterocycles. The molecule has 66 valence electrons. The maximum Gasteiger partial charge on any atom is 0.0490 e. The predicted octanol–water partition coefficient (Wildman–Crippen LogP) is 1.59. The molecule has 0 aliphatic heterocycles. The minimum Gasteiger partial charge on any atom is -0.283 e. The topological polar surface area (TPSA) is 41.6 Å². The van der Waals surface area contributed by atoms with Crippen LogP contribution in [0.25, 0.3) is 0 Å². The van der Waals surface area contributed by atoms with Gasteiger partial charge in [-0.15, -0.1) is 0 Å². The Bertz CT molecular complexity index is 340. The molecular formula is C10H11N3. The van der Waals surface area contributed by atoms with Crippen molar-refractivity contribution in [1.82, 2.24) is 15.2 Å². The summed E-state index contributed by atoms with van der Waals surface area (Å²) in [5.41, 5.74) is 2.28. The maximum absolute atomic E-state index is 4.24. The van der Waals surface area contributed by atoms with Crippen LogP contribution >= 0.6 is 0 Å². The van der Waals surface area contributed by atoms with Crippen molar-refractivity contribution < 1.29 is 0 Å². The number of aromatic amines is 1. The Hall–Kier alpha value is -1.64. The summed E-state index contributed by atoms with van der Waals surface area (Å²) in [7, 11) is 0. The summed E-state index contributed by atoms with van der Waals surface area (Å²) >= 11 is 0. The van der Waals surface area contributed by atoms with Crippen molar-refractivity contribution in [3.63, 3.8) is 0 Å². The lowest BCUT2D eigenvalue weighted by Crippen LogP contribution is -1.93. The molecule has 0 unspecified atom stereocenters. The highest BCUT2D eigenvalue weighted by Gasteiger charge is 1.95. The zero-order valence-electron chi connectivity index (χ0n) is 7.27. The maximum atomic E-state index is 4.24. The van der Waals surface area contributed by atoms with Crippen LogP contribution in [0.4, 0.5) is 0 Å². The minimum absolute atomic E-state index is 0.961. The second-order valence-corrected chi connectivity index (χ2v) is 2.90. The van der Waals surface area contributed by atoms with Gasteiger partial charge in [-0.3, -0.25) is 10.1 Å². The summed E-state index contributed by atoms with van der Waals surface area (Å²) in [6.07, 6.45) is 5.52. The van der Waals surface area contributed by atoms with E-state index in [0.29, 0.717) is 0 Å². The Balaban J connectivity index is 1.94. The van der Waals surface area contributed by atoms with Gasteiger partial charge in [-0.2, -0.15) is 5.10 Å². The Labute approximate surface area is 76.8 Å². The van der Waals surface area contributed by atoms with Crippen molar-refractivity contribution in [1.29, 1.82) is 0 Å². The first-order chi connectivity index (χ1) is 6.45. The summed E-state index contributed by atoms with van der Waals surface area (Å²) in [5, 5.41) is 6.82. The van der Waals surface area contributed by atoms with E-state index in [1.807, 2.05) is 30.5 Å². The Morgan fingerprint density at radius 2 is 2.08 bits per heavy atom. The van der Waals surface area contributed by atoms with Crippen molar-refractivity contribution in [2.75, 3.05) is 0 Å². The summed E-state index contributed by atoms with van der Waals surface area (Å²) < 4.78 is 0. The Kier molecular flexibility index (Phi) is 2.36. The van der Waals surface area contributed by atoms with Crippen LogP contribution in [-0.4, -0.2) is 15.2 Å². The molecule has 0 bridgehead atoms. The van der Waals surface area contributed by atoms with Gasteiger partial charge in [-0.1, -0.05) is 6.07 Å². The van der Waals surface area contributed by atoms with E-state index in [9.17, 15) is 0 Å². The standard InChI is InChI=1S/C10H11N3/c1-2-7-11-9(3-1)4-5-10-6-8-12-13-10/h1-3,6-8H,4-5H2,(H,12,13). The van der Waals surface area contributed by atoms with E-state index in [2.05, 4.69) is 15.2 Å². The third-order valence-electron chi connectivity index (χ3n) is 1.94. The third kappa shape index (κ3) is 2.15. The molecule has 0 radical (unpaired) electrons. The zero-order chi connectivity index (χ0) is 8.93. The van der Waals surface area contributed by atoms with Crippen LogP contribution in [-0.2, 0) is 12.8 Å². The van der Waals surface area contributed by atoms with Crippen molar-refractivity contribution in [2.24, 2.45) is 0 Å². The first kappa shape index (κ1) is 7.98. The van der Waals surface area contributed by atoms with E-state index in [4.69, 9.17) is 0 Å². The number of nitrogens with one attached hydrogen (secondary N) is 1. The number of hydrogen-bond donors (Lipinski definition) is 1. The number of rotatable bonds is 3. The van der Waals surface area contributed by atoms with Crippen molar-refractivity contribution in [2.45, 2.75) is 12.8 Å². The molecule has 13 heavy (non-hydrogen) atoms. The van der Waals surface area contributed by atoms with Crippen LogP contribution in [0.1, 0.15) is 11.4 Å². The Morgan fingerprint density at radius 3 is 2.77 bits per heavy atom. The fraction of sp³-hybridized carbons (Fsp3) is 0.200. The van der Waals surface area contributed by atoms with E-state index in [1.165, 1.54) is 0 Å². The van der Waals surface area contributed by atoms with Crippen LogP contribution in [0.3, 0.4) is 0 Å². The fourth-order valence-corrected chi connectivity index (χ4v) is 1.23. The minimum atomic E-state index is 0.961. The van der Waals surface area contributed by atoms with Gasteiger partial charge >= 0.3 is 0 Å². The van der Waals surface area contributed by atoms with Gasteiger partial charge in [0.15, 0.2) is 0 Å². The smallest absolute Gasteiger partial charge is 0.0490 e. The van der Waals surface area contributed by atoms with Gasteiger partial charge in [-0.05, 0) is 31.0 Å². The number of hydrogen-bond acceptors (Lipinski definition) is 2. The summed E-state index contributed by atoms with van der Waals surface area (Å²) in [6.45, 7) is 0. The number of aromatic nitrogens is 3.